The topological polar surface area (TPSA) is 63.6 Å². The van der Waals surface area contributed by atoms with E-state index < -0.39 is 35.2 Å². The van der Waals surface area contributed by atoms with Gasteiger partial charge in [-0.05, 0) is 24.3 Å². The van der Waals surface area contributed by atoms with Crippen LogP contribution in [0.25, 0.3) is 0 Å². The SMILES string of the molecule is O=S(=O)(Cl)N=[S@](=O)(c1ccc(F)cc1)C(F)(F)F. The summed E-state index contributed by atoms with van der Waals surface area (Å²) in [5.41, 5.74) is -5.47. The Balaban J connectivity index is 3.66. The van der Waals surface area contributed by atoms with Gasteiger partial charge in [0.25, 0.3) is 0 Å². The number of rotatable bonds is 2. The maximum atomic E-state index is 12.6. The van der Waals surface area contributed by atoms with E-state index in [-0.39, 0.29) is 0 Å². The first-order valence-corrected chi connectivity index (χ1v) is 7.79. The molecule has 0 bridgehead atoms. The first-order valence-electron chi connectivity index (χ1n) is 4.00. The van der Waals surface area contributed by atoms with Crippen molar-refractivity contribution in [1.82, 2.24) is 0 Å². The quantitative estimate of drug-likeness (QED) is 0.620. The summed E-state index contributed by atoms with van der Waals surface area (Å²) in [6.07, 6.45) is 0. The van der Waals surface area contributed by atoms with Gasteiger partial charge in [-0.15, -0.1) is 0 Å². The minimum absolute atomic E-state index is 0.525. The van der Waals surface area contributed by atoms with Crippen LogP contribution in [-0.4, -0.2) is 18.1 Å². The second-order valence-electron chi connectivity index (χ2n) is 2.91. The number of nitrogens with zero attached hydrogens (tertiary/aromatic N) is 1. The first-order chi connectivity index (χ1) is 7.96. The van der Waals surface area contributed by atoms with E-state index in [4.69, 9.17) is 0 Å². The van der Waals surface area contributed by atoms with Gasteiger partial charge < -0.3 is 0 Å². The Morgan fingerprint density at radius 1 is 1.06 bits per heavy atom. The summed E-state index contributed by atoms with van der Waals surface area (Å²) in [6, 6.07) is 2.24. The van der Waals surface area contributed by atoms with Crippen molar-refractivity contribution in [3.05, 3.63) is 30.1 Å². The van der Waals surface area contributed by atoms with E-state index in [0.717, 1.165) is 0 Å². The molecule has 1 aromatic rings. The molecule has 0 heterocycles. The molecule has 0 aromatic heterocycles. The normalized spacial score (nSPS) is 16.1. The lowest BCUT2D eigenvalue weighted by molar-refractivity contribution is -0.0401. The van der Waals surface area contributed by atoms with Crippen molar-refractivity contribution in [1.29, 1.82) is 0 Å². The van der Waals surface area contributed by atoms with E-state index in [1.807, 2.05) is 0 Å². The highest BCUT2D eigenvalue weighted by Gasteiger charge is 2.46. The highest BCUT2D eigenvalue weighted by molar-refractivity contribution is 8.17. The Morgan fingerprint density at radius 2 is 1.50 bits per heavy atom. The Labute approximate surface area is 104 Å². The monoisotopic (exact) mass is 325 g/mol. The van der Waals surface area contributed by atoms with Gasteiger partial charge in [-0.1, -0.05) is 3.77 Å². The fourth-order valence-electron chi connectivity index (χ4n) is 0.963. The predicted molar refractivity (Wildman–Crippen MR) is 56.1 cm³/mol. The summed E-state index contributed by atoms with van der Waals surface area (Å²) in [5.74, 6) is -0.878. The van der Waals surface area contributed by atoms with Crippen molar-refractivity contribution in [3.8, 4) is 0 Å². The van der Waals surface area contributed by atoms with Crippen molar-refractivity contribution < 1.29 is 30.2 Å². The third kappa shape index (κ3) is 3.33. The van der Waals surface area contributed by atoms with E-state index in [2.05, 4.69) is 14.5 Å². The third-order valence-electron chi connectivity index (χ3n) is 1.64. The van der Waals surface area contributed by atoms with Gasteiger partial charge >= 0.3 is 14.7 Å². The summed E-state index contributed by atoms with van der Waals surface area (Å²) in [4.78, 5) is -0.999. The zero-order chi connectivity index (χ0) is 14.2. The molecular formula is C7H4ClF4NO3S2. The first kappa shape index (κ1) is 15.2. The zero-order valence-electron chi connectivity index (χ0n) is 8.19. The molecule has 0 radical (unpaired) electrons. The minimum atomic E-state index is -5.47. The molecule has 0 saturated carbocycles. The summed E-state index contributed by atoms with van der Waals surface area (Å²) >= 11 is 0. The van der Waals surface area contributed by atoms with Crippen molar-refractivity contribution >= 4 is 29.6 Å². The average molecular weight is 326 g/mol. The van der Waals surface area contributed by atoms with Gasteiger partial charge in [-0.25, -0.2) is 8.60 Å². The van der Waals surface area contributed by atoms with E-state index in [1.165, 1.54) is 0 Å². The van der Waals surface area contributed by atoms with Gasteiger partial charge in [0.15, 0.2) is 9.73 Å². The maximum Gasteiger partial charge on any atom is 0.484 e. The van der Waals surface area contributed by atoms with Crippen LogP contribution in [0.15, 0.2) is 32.9 Å². The molecule has 0 N–H and O–H groups in total. The van der Waals surface area contributed by atoms with Gasteiger partial charge in [0.05, 0.1) is 4.90 Å². The van der Waals surface area contributed by atoms with Crippen LogP contribution in [-0.2, 0) is 19.0 Å². The molecule has 18 heavy (non-hydrogen) atoms. The van der Waals surface area contributed by atoms with Crippen LogP contribution in [0.5, 0.6) is 0 Å². The molecule has 4 nitrogen and oxygen atoms in total. The molecule has 0 amide bonds. The number of alkyl halides is 3. The molecule has 0 saturated heterocycles. The van der Waals surface area contributed by atoms with Gasteiger partial charge in [0.1, 0.15) is 5.82 Å². The summed E-state index contributed by atoms with van der Waals surface area (Å²) < 4.78 is 85.4. The largest absolute Gasteiger partial charge is 0.484 e. The maximum absolute atomic E-state index is 12.6. The number of hydrogen-bond donors (Lipinski definition) is 0. The molecule has 0 aliphatic heterocycles. The van der Waals surface area contributed by atoms with E-state index >= 15 is 0 Å². The molecule has 1 atom stereocenters. The Bertz CT molecular complexity index is 659. The summed E-state index contributed by atoms with van der Waals surface area (Å²) in [5, 5.41) is 0. The third-order valence-corrected chi connectivity index (χ3v) is 5.24. The van der Waals surface area contributed by atoms with Crippen molar-refractivity contribution in [2.75, 3.05) is 0 Å². The summed E-state index contributed by atoms with van der Waals surface area (Å²) in [7, 11) is -5.78. The second kappa shape index (κ2) is 4.67. The second-order valence-corrected chi connectivity index (χ2v) is 7.49. The Morgan fingerprint density at radius 3 is 1.83 bits per heavy atom. The lowest BCUT2D eigenvalue weighted by atomic mass is 10.4. The number of hydrogen-bond acceptors (Lipinski definition) is 3. The van der Waals surface area contributed by atoms with E-state index in [9.17, 15) is 30.2 Å². The van der Waals surface area contributed by atoms with Gasteiger partial charge in [0, 0.05) is 10.7 Å². The smallest absolute Gasteiger partial charge is 0.235 e. The fraction of sp³-hybridized carbons (Fsp3) is 0.143. The zero-order valence-corrected chi connectivity index (χ0v) is 10.6. The van der Waals surface area contributed by atoms with E-state index in [1.54, 1.807) is 0 Å². The van der Waals surface area contributed by atoms with Crippen molar-refractivity contribution in [3.63, 3.8) is 0 Å². The van der Waals surface area contributed by atoms with Crippen LogP contribution in [0.2, 0.25) is 0 Å². The van der Waals surface area contributed by atoms with Crippen molar-refractivity contribution in [2.45, 2.75) is 10.4 Å². The van der Waals surface area contributed by atoms with Crippen LogP contribution in [0.1, 0.15) is 0 Å². The van der Waals surface area contributed by atoms with Crippen molar-refractivity contribution in [2.24, 2.45) is 3.77 Å². The number of benzene rings is 1. The average Bonchev–Trinajstić information content (AvgIpc) is 2.13. The van der Waals surface area contributed by atoms with Crippen LogP contribution in [0.3, 0.4) is 0 Å². The van der Waals surface area contributed by atoms with Crippen LogP contribution in [0.4, 0.5) is 17.6 Å². The molecule has 11 heteroatoms. The van der Waals surface area contributed by atoms with E-state index in [0.29, 0.717) is 24.3 Å². The standard InChI is InChI=1S/C7H4ClF4NO3S2/c8-18(15,16)13-17(14,7(10,11)12)6-3-1-5(9)2-4-6/h1-4H/t17-/m0/s1. The fourth-order valence-corrected chi connectivity index (χ4v) is 4.14. The molecule has 0 aliphatic rings. The summed E-state index contributed by atoms with van der Waals surface area (Å²) in [6.45, 7) is 0. The molecule has 102 valence electrons. The van der Waals surface area contributed by atoms with Crippen LogP contribution >= 0.6 is 10.7 Å². The van der Waals surface area contributed by atoms with Gasteiger partial charge in [0.2, 0.25) is 0 Å². The Hall–Kier alpha value is -0.870. The number of halogens is 5. The molecule has 0 fully saturated rings. The highest BCUT2D eigenvalue weighted by atomic mass is 35.7. The Kier molecular flexibility index (Phi) is 3.94. The minimum Gasteiger partial charge on any atom is -0.235 e. The molecule has 0 unspecified atom stereocenters. The molecule has 0 spiro atoms. The van der Waals surface area contributed by atoms with Crippen LogP contribution < -0.4 is 0 Å². The van der Waals surface area contributed by atoms with Gasteiger partial charge in [-0.2, -0.15) is 21.6 Å². The lowest BCUT2D eigenvalue weighted by Crippen LogP contribution is -2.24. The highest BCUT2D eigenvalue weighted by Crippen LogP contribution is 2.34. The van der Waals surface area contributed by atoms with Gasteiger partial charge in [-0.3, -0.25) is 0 Å². The lowest BCUT2D eigenvalue weighted by Gasteiger charge is -2.12. The van der Waals surface area contributed by atoms with Crippen LogP contribution in [0, 0.1) is 5.82 Å². The molecular weight excluding hydrogens is 322 g/mol. The molecule has 1 rings (SSSR count). The molecule has 1 aromatic carbocycles. The molecule has 0 aliphatic carbocycles. The predicted octanol–water partition coefficient (Wildman–Crippen LogP) is 2.66.